The maximum absolute atomic E-state index is 13.1. The third-order valence-electron chi connectivity index (χ3n) is 2.48. The van der Waals surface area contributed by atoms with E-state index < -0.39 is 0 Å². The summed E-state index contributed by atoms with van der Waals surface area (Å²) in [4.78, 5) is 0. The first-order valence-corrected chi connectivity index (χ1v) is 4.73. The van der Waals surface area contributed by atoms with E-state index in [1.165, 1.54) is 6.07 Å². The van der Waals surface area contributed by atoms with Crippen molar-refractivity contribution in [2.45, 2.75) is 19.3 Å². The molecule has 1 aliphatic carbocycles. The standard InChI is InChI=1S/C11H10ClF/c1-7-3-2-4-9-8(7)5-6-10(13)11(9)12/h5-6H,1-4H2. The molecule has 0 aromatic heterocycles. The fourth-order valence-electron chi connectivity index (χ4n) is 1.78. The molecule has 0 bridgehead atoms. The summed E-state index contributed by atoms with van der Waals surface area (Å²) in [7, 11) is 0. The molecule has 68 valence electrons. The molecule has 0 saturated carbocycles. The van der Waals surface area contributed by atoms with Crippen molar-refractivity contribution in [3.63, 3.8) is 0 Å². The van der Waals surface area contributed by atoms with E-state index in [0.717, 1.165) is 36.0 Å². The number of allylic oxidation sites excluding steroid dienone is 1. The third kappa shape index (κ3) is 1.37. The number of hydrogen-bond donors (Lipinski definition) is 0. The Morgan fingerprint density at radius 1 is 1.31 bits per heavy atom. The van der Waals surface area contributed by atoms with Crippen LogP contribution in [0.1, 0.15) is 24.0 Å². The van der Waals surface area contributed by atoms with Crippen molar-refractivity contribution in [1.82, 2.24) is 0 Å². The molecular weight excluding hydrogens is 187 g/mol. The smallest absolute Gasteiger partial charge is 0.142 e. The Morgan fingerprint density at radius 3 is 2.85 bits per heavy atom. The van der Waals surface area contributed by atoms with Crippen molar-refractivity contribution in [3.8, 4) is 0 Å². The van der Waals surface area contributed by atoms with E-state index >= 15 is 0 Å². The fraction of sp³-hybridized carbons (Fsp3) is 0.273. The number of fused-ring (bicyclic) bond motifs is 1. The van der Waals surface area contributed by atoms with E-state index in [9.17, 15) is 4.39 Å². The Hall–Kier alpha value is -0.820. The van der Waals surface area contributed by atoms with E-state index in [1.54, 1.807) is 6.07 Å². The third-order valence-corrected chi connectivity index (χ3v) is 2.89. The first-order chi connectivity index (χ1) is 6.20. The number of benzene rings is 1. The van der Waals surface area contributed by atoms with Gasteiger partial charge in [-0.25, -0.2) is 4.39 Å². The molecule has 2 heteroatoms. The molecule has 13 heavy (non-hydrogen) atoms. The van der Waals surface area contributed by atoms with Crippen LogP contribution in [0.25, 0.3) is 5.57 Å². The molecule has 0 radical (unpaired) electrons. The van der Waals surface area contributed by atoms with Crippen molar-refractivity contribution in [2.24, 2.45) is 0 Å². The molecule has 1 aromatic rings. The van der Waals surface area contributed by atoms with Crippen LogP contribution in [0.3, 0.4) is 0 Å². The van der Waals surface area contributed by atoms with Crippen molar-refractivity contribution in [1.29, 1.82) is 0 Å². The Morgan fingerprint density at radius 2 is 2.08 bits per heavy atom. The SMILES string of the molecule is C=C1CCCc2c1ccc(F)c2Cl. The zero-order valence-electron chi connectivity index (χ0n) is 7.24. The minimum atomic E-state index is -0.324. The highest BCUT2D eigenvalue weighted by atomic mass is 35.5. The highest BCUT2D eigenvalue weighted by Crippen LogP contribution is 2.34. The average Bonchev–Trinajstić information content (AvgIpc) is 2.12. The predicted octanol–water partition coefficient (Wildman–Crippen LogP) is 3.83. The highest BCUT2D eigenvalue weighted by Gasteiger charge is 2.17. The maximum Gasteiger partial charge on any atom is 0.142 e. The summed E-state index contributed by atoms with van der Waals surface area (Å²) in [6.07, 6.45) is 2.88. The van der Waals surface area contributed by atoms with Crippen molar-refractivity contribution in [2.75, 3.05) is 0 Å². The molecular formula is C11H10ClF. The summed E-state index contributed by atoms with van der Waals surface area (Å²) in [6, 6.07) is 3.19. The van der Waals surface area contributed by atoms with Crippen molar-refractivity contribution in [3.05, 3.63) is 40.7 Å². The van der Waals surface area contributed by atoms with Gasteiger partial charge in [0.05, 0.1) is 5.02 Å². The molecule has 0 saturated heterocycles. The van der Waals surface area contributed by atoms with E-state index in [0.29, 0.717) is 0 Å². The summed E-state index contributed by atoms with van der Waals surface area (Å²) in [5, 5.41) is 0.276. The van der Waals surface area contributed by atoms with E-state index in [2.05, 4.69) is 6.58 Å². The average molecular weight is 197 g/mol. The van der Waals surface area contributed by atoms with Gasteiger partial charge >= 0.3 is 0 Å². The Bertz CT molecular complexity index is 369. The summed E-state index contributed by atoms with van der Waals surface area (Å²) in [5.41, 5.74) is 3.04. The molecule has 1 aromatic carbocycles. The lowest BCUT2D eigenvalue weighted by atomic mass is 9.88. The second-order valence-corrected chi connectivity index (χ2v) is 3.72. The van der Waals surface area contributed by atoms with Gasteiger partial charge in [-0.1, -0.05) is 24.2 Å². The molecule has 0 atom stereocenters. The normalized spacial score (nSPS) is 15.7. The van der Waals surface area contributed by atoms with Gasteiger partial charge in [0, 0.05) is 0 Å². The lowest BCUT2D eigenvalue weighted by molar-refractivity contribution is 0.623. The van der Waals surface area contributed by atoms with Crippen LogP contribution in [0.5, 0.6) is 0 Å². The van der Waals surface area contributed by atoms with Gasteiger partial charge in [-0.05, 0) is 42.0 Å². The topological polar surface area (TPSA) is 0 Å². The van der Waals surface area contributed by atoms with Gasteiger partial charge in [-0.2, -0.15) is 0 Å². The molecule has 2 rings (SSSR count). The number of halogens is 2. The minimum Gasteiger partial charge on any atom is -0.205 e. The van der Waals surface area contributed by atoms with Gasteiger partial charge in [0.25, 0.3) is 0 Å². The van der Waals surface area contributed by atoms with Crippen LogP contribution in [0, 0.1) is 5.82 Å². The van der Waals surface area contributed by atoms with Crippen LogP contribution in [0.4, 0.5) is 4.39 Å². The molecule has 0 spiro atoms. The monoisotopic (exact) mass is 196 g/mol. The van der Waals surface area contributed by atoms with E-state index in [1.807, 2.05) is 0 Å². The summed E-state index contributed by atoms with van der Waals surface area (Å²) < 4.78 is 13.1. The molecule has 1 aliphatic rings. The quantitative estimate of drug-likeness (QED) is 0.592. The zero-order chi connectivity index (χ0) is 9.42. The Labute approximate surface area is 82.0 Å². The van der Waals surface area contributed by atoms with Crippen LogP contribution < -0.4 is 0 Å². The van der Waals surface area contributed by atoms with Crippen LogP contribution >= 0.6 is 11.6 Å². The first kappa shape index (κ1) is 8.76. The van der Waals surface area contributed by atoms with Gasteiger partial charge < -0.3 is 0 Å². The van der Waals surface area contributed by atoms with Gasteiger partial charge in [-0.3, -0.25) is 0 Å². The number of hydrogen-bond acceptors (Lipinski definition) is 0. The van der Waals surface area contributed by atoms with Crippen LogP contribution in [0.15, 0.2) is 18.7 Å². The highest BCUT2D eigenvalue weighted by molar-refractivity contribution is 6.31. The largest absolute Gasteiger partial charge is 0.205 e. The Kier molecular flexibility index (Phi) is 2.12. The minimum absolute atomic E-state index is 0.276. The number of rotatable bonds is 0. The fourth-order valence-corrected chi connectivity index (χ4v) is 2.04. The molecule has 0 amide bonds. The molecule has 0 heterocycles. The lowest BCUT2D eigenvalue weighted by Gasteiger charge is -2.19. The molecule has 0 nitrogen and oxygen atoms in total. The Balaban J connectivity index is 2.63. The molecule has 0 fully saturated rings. The van der Waals surface area contributed by atoms with E-state index in [-0.39, 0.29) is 10.8 Å². The van der Waals surface area contributed by atoms with Gasteiger partial charge in [0.1, 0.15) is 5.82 Å². The second kappa shape index (κ2) is 3.15. The second-order valence-electron chi connectivity index (χ2n) is 3.34. The van der Waals surface area contributed by atoms with E-state index in [4.69, 9.17) is 11.6 Å². The summed E-state index contributed by atoms with van der Waals surface area (Å²) in [5.74, 6) is -0.324. The van der Waals surface area contributed by atoms with Gasteiger partial charge in [0.15, 0.2) is 0 Å². The van der Waals surface area contributed by atoms with Crippen molar-refractivity contribution >= 4 is 17.2 Å². The summed E-state index contributed by atoms with van der Waals surface area (Å²) >= 11 is 5.86. The van der Waals surface area contributed by atoms with Gasteiger partial charge in [0.2, 0.25) is 0 Å². The zero-order valence-corrected chi connectivity index (χ0v) is 7.99. The lowest BCUT2D eigenvalue weighted by Crippen LogP contribution is -2.02. The van der Waals surface area contributed by atoms with Crippen molar-refractivity contribution < 1.29 is 4.39 Å². The first-order valence-electron chi connectivity index (χ1n) is 4.35. The molecule has 0 N–H and O–H groups in total. The maximum atomic E-state index is 13.1. The van der Waals surface area contributed by atoms with Crippen LogP contribution in [0.2, 0.25) is 5.02 Å². The van der Waals surface area contributed by atoms with Crippen LogP contribution in [-0.2, 0) is 6.42 Å². The summed E-state index contributed by atoms with van der Waals surface area (Å²) in [6.45, 7) is 3.95. The molecule has 0 unspecified atom stereocenters. The van der Waals surface area contributed by atoms with Crippen LogP contribution in [-0.4, -0.2) is 0 Å². The van der Waals surface area contributed by atoms with Gasteiger partial charge in [-0.15, -0.1) is 0 Å². The predicted molar refractivity (Wildman–Crippen MR) is 53.4 cm³/mol. The molecule has 0 aliphatic heterocycles.